The summed E-state index contributed by atoms with van der Waals surface area (Å²) in [6.45, 7) is 0.198. The normalized spacial score (nSPS) is 20.8. The SMILES string of the molecule is O=C1C(Cc2c(Cl)cc(OS(=O)(=O)C(F)(F)F)cc2Cl)CCN1[C@@H]1CCc2cnn(S(=O)(=O)C(F)(F)F)c2C1. The molecule has 2 aromatic rings. The van der Waals surface area contributed by atoms with Crippen LogP contribution in [-0.2, 0) is 44.2 Å². The Balaban J connectivity index is 1.49. The minimum Gasteiger partial charge on any atom is -0.376 e. The molecule has 1 aromatic carbocycles. The number of nitrogens with zero attached hydrogens (tertiary/aromatic N) is 3. The molecule has 1 aliphatic heterocycles. The first kappa shape index (κ1) is 29.7. The molecule has 1 amide bonds. The van der Waals surface area contributed by atoms with Gasteiger partial charge in [0.15, 0.2) is 0 Å². The van der Waals surface area contributed by atoms with Crippen molar-refractivity contribution in [1.29, 1.82) is 0 Å². The number of hydrogen-bond acceptors (Lipinski definition) is 7. The average molecular weight is 644 g/mol. The van der Waals surface area contributed by atoms with E-state index in [9.17, 15) is 48.0 Å². The molecule has 9 nitrogen and oxygen atoms in total. The van der Waals surface area contributed by atoms with Gasteiger partial charge in [-0.2, -0.15) is 52.4 Å². The second-order valence-corrected chi connectivity index (χ2v) is 13.0. The number of fused-ring (bicyclic) bond motifs is 1. The standard InChI is InChI=1S/C20H17Cl2F6N3O6S2/c21-15-7-13(37-39(35,36)20(26,27)28)8-16(22)14(15)5-10-3-4-30(18(10)32)12-2-1-11-9-29-31(17(11)6-12)38(33,34)19(23,24)25/h7-10,12H,1-6H2/t10?,12-/m1/s1. The van der Waals surface area contributed by atoms with Crippen LogP contribution >= 0.6 is 23.2 Å². The minimum absolute atomic E-state index is 0.0469. The summed E-state index contributed by atoms with van der Waals surface area (Å²) in [5.41, 5.74) is -10.9. The molecule has 39 heavy (non-hydrogen) atoms. The van der Waals surface area contributed by atoms with Gasteiger partial charge in [-0.05, 0) is 36.8 Å². The Labute approximate surface area is 227 Å². The molecule has 19 heteroatoms. The van der Waals surface area contributed by atoms with Crippen molar-refractivity contribution >= 4 is 49.3 Å². The van der Waals surface area contributed by atoms with E-state index >= 15 is 0 Å². The van der Waals surface area contributed by atoms with Gasteiger partial charge in [0.1, 0.15) is 5.75 Å². The van der Waals surface area contributed by atoms with Crippen LogP contribution in [-0.4, -0.2) is 60.4 Å². The van der Waals surface area contributed by atoms with Crippen molar-refractivity contribution in [1.82, 2.24) is 14.1 Å². The lowest BCUT2D eigenvalue weighted by Gasteiger charge is -2.31. The number of hydrogen-bond donors (Lipinski definition) is 0. The summed E-state index contributed by atoms with van der Waals surface area (Å²) in [6, 6.07) is 1.02. The Morgan fingerprint density at radius 1 is 1.00 bits per heavy atom. The Morgan fingerprint density at radius 3 is 2.18 bits per heavy atom. The highest BCUT2D eigenvalue weighted by Gasteiger charge is 2.50. The van der Waals surface area contributed by atoms with E-state index in [-0.39, 0.29) is 57.6 Å². The van der Waals surface area contributed by atoms with Crippen LogP contribution in [0.15, 0.2) is 18.3 Å². The first-order chi connectivity index (χ1) is 17.8. The van der Waals surface area contributed by atoms with Gasteiger partial charge in [0.2, 0.25) is 5.91 Å². The third kappa shape index (κ3) is 5.54. The topological polar surface area (TPSA) is 116 Å². The van der Waals surface area contributed by atoms with Crippen LogP contribution in [0.1, 0.15) is 29.7 Å². The smallest absolute Gasteiger partial charge is 0.376 e. The van der Waals surface area contributed by atoms with E-state index in [0.717, 1.165) is 18.3 Å². The van der Waals surface area contributed by atoms with Gasteiger partial charge in [-0.15, -0.1) is 0 Å². The van der Waals surface area contributed by atoms with E-state index in [1.807, 2.05) is 0 Å². The minimum atomic E-state index is -5.97. The van der Waals surface area contributed by atoms with E-state index in [1.54, 1.807) is 0 Å². The van der Waals surface area contributed by atoms with Crippen LogP contribution in [0.3, 0.4) is 0 Å². The molecular weight excluding hydrogens is 627 g/mol. The van der Waals surface area contributed by atoms with Crippen LogP contribution in [0.4, 0.5) is 26.3 Å². The molecule has 4 rings (SSSR count). The van der Waals surface area contributed by atoms with E-state index < -0.39 is 54.8 Å². The predicted octanol–water partition coefficient (Wildman–Crippen LogP) is 4.06. The number of aryl methyl sites for hydroxylation is 1. The Morgan fingerprint density at radius 2 is 1.62 bits per heavy atom. The number of carbonyl (C=O) groups excluding carboxylic acids is 1. The third-order valence-electron chi connectivity index (χ3n) is 6.46. The van der Waals surface area contributed by atoms with Crippen molar-refractivity contribution < 1.29 is 52.2 Å². The lowest BCUT2D eigenvalue weighted by Crippen LogP contribution is -2.42. The monoisotopic (exact) mass is 643 g/mol. The lowest BCUT2D eigenvalue weighted by atomic mass is 9.92. The zero-order valence-electron chi connectivity index (χ0n) is 19.3. The molecule has 1 fully saturated rings. The maximum absolute atomic E-state index is 13.2. The third-order valence-corrected chi connectivity index (χ3v) is 9.47. The Hall–Kier alpha value is -2.24. The highest BCUT2D eigenvalue weighted by atomic mass is 35.5. The van der Waals surface area contributed by atoms with Gasteiger partial charge >= 0.3 is 31.2 Å². The van der Waals surface area contributed by atoms with Crippen LogP contribution in [0.5, 0.6) is 5.75 Å². The molecule has 0 bridgehead atoms. The summed E-state index contributed by atoms with van der Waals surface area (Å²) < 4.78 is 127. The Bertz CT molecular complexity index is 1500. The second kappa shape index (κ2) is 9.99. The van der Waals surface area contributed by atoms with Crippen molar-refractivity contribution in [2.75, 3.05) is 6.54 Å². The summed E-state index contributed by atoms with van der Waals surface area (Å²) in [5, 5.41) is 2.92. The first-order valence-electron chi connectivity index (χ1n) is 11.0. The molecule has 1 saturated heterocycles. The van der Waals surface area contributed by atoms with Crippen LogP contribution in [0, 0.1) is 5.92 Å². The zero-order valence-corrected chi connectivity index (χ0v) is 22.4. The average Bonchev–Trinajstić information content (AvgIpc) is 3.37. The van der Waals surface area contributed by atoms with Gasteiger partial charge in [-0.25, -0.2) is 0 Å². The number of alkyl halides is 6. The van der Waals surface area contributed by atoms with Gasteiger partial charge < -0.3 is 9.08 Å². The highest BCUT2D eigenvalue weighted by molar-refractivity contribution is 7.90. The van der Waals surface area contributed by atoms with Crippen LogP contribution in [0.25, 0.3) is 0 Å². The highest BCUT2D eigenvalue weighted by Crippen LogP contribution is 2.38. The molecule has 0 radical (unpaired) electrons. The fourth-order valence-electron chi connectivity index (χ4n) is 4.58. The molecule has 2 atom stereocenters. The molecule has 0 spiro atoms. The molecule has 2 heterocycles. The second-order valence-electron chi connectivity index (χ2n) is 8.88. The maximum Gasteiger partial charge on any atom is 0.534 e. The first-order valence-corrected chi connectivity index (χ1v) is 14.6. The predicted molar refractivity (Wildman–Crippen MR) is 124 cm³/mol. The largest absolute Gasteiger partial charge is 0.534 e. The van der Waals surface area contributed by atoms with Gasteiger partial charge in [0, 0.05) is 47.1 Å². The Kier molecular flexibility index (Phi) is 7.62. The van der Waals surface area contributed by atoms with Crippen molar-refractivity contribution in [3.05, 3.63) is 45.2 Å². The summed E-state index contributed by atoms with van der Waals surface area (Å²) >= 11 is 12.2. The van der Waals surface area contributed by atoms with Crippen molar-refractivity contribution in [2.24, 2.45) is 5.92 Å². The molecule has 2 aliphatic rings. The zero-order chi connectivity index (χ0) is 29.1. The van der Waals surface area contributed by atoms with Crippen molar-refractivity contribution in [3.8, 4) is 5.75 Å². The van der Waals surface area contributed by atoms with Crippen LogP contribution < -0.4 is 4.18 Å². The van der Waals surface area contributed by atoms with E-state index in [2.05, 4.69) is 9.28 Å². The van der Waals surface area contributed by atoms with E-state index in [4.69, 9.17) is 23.2 Å². The van der Waals surface area contributed by atoms with E-state index in [0.29, 0.717) is 12.0 Å². The van der Waals surface area contributed by atoms with E-state index in [1.165, 1.54) is 4.90 Å². The molecule has 1 aliphatic carbocycles. The molecular formula is C20H17Cl2F6N3O6S2. The number of rotatable bonds is 6. The molecule has 0 saturated carbocycles. The van der Waals surface area contributed by atoms with Gasteiger partial charge in [0.25, 0.3) is 0 Å². The van der Waals surface area contributed by atoms with Crippen LogP contribution in [0.2, 0.25) is 10.0 Å². The fourth-order valence-corrected chi connectivity index (χ4v) is 6.50. The molecule has 0 N–H and O–H groups in total. The fraction of sp³-hybridized carbons (Fsp3) is 0.500. The quantitative estimate of drug-likeness (QED) is 0.265. The van der Waals surface area contributed by atoms with Crippen molar-refractivity contribution in [3.63, 3.8) is 0 Å². The number of halogens is 8. The summed E-state index contributed by atoms with van der Waals surface area (Å²) in [7, 11) is -11.7. The van der Waals surface area contributed by atoms with Crippen molar-refractivity contribution in [2.45, 2.75) is 49.2 Å². The van der Waals surface area contributed by atoms with Gasteiger partial charge in [0.05, 0.1) is 11.9 Å². The summed E-state index contributed by atoms with van der Waals surface area (Å²) in [5.74, 6) is -1.90. The number of likely N-dealkylation sites (tertiary alicyclic amines) is 1. The summed E-state index contributed by atoms with van der Waals surface area (Å²) in [6.07, 6.45) is 1.63. The van der Waals surface area contributed by atoms with Gasteiger partial charge in [-0.3, -0.25) is 4.79 Å². The number of amides is 1. The summed E-state index contributed by atoms with van der Waals surface area (Å²) in [4.78, 5) is 14.6. The molecule has 216 valence electrons. The maximum atomic E-state index is 13.2. The molecule has 1 unspecified atom stereocenters. The number of carbonyl (C=O) groups is 1. The molecule has 1 aromatic heterocycles. The number of benzene rings is 1. The lowest BCUT2D eigenvalue weighted by molar-refractivity contribution is -0.133. The number of aromatic nitrogens is 2. The van der Waals surface area contributed by atoms with Gasteiger partial charge in [-0.1, -0.05) is 23.2 Å².